The highest BCUT2D eigenvalue weighted by molar-refractivity contribution is 5.97. The van der Waals surface area contributed by atoms with Crippen LogP contribution in [0.3, 0.4) is 0 Å². The number of halogens is 3. The second-order valence-electron chi connectivity index (χ2n) is 5.16. The third kappa shape index (κ3) is 3.53. The van der Waals surface area contributed by atoms with Crippen LogP contribution < -0.4 is 5.32 Å². The van der Waals surface area contributed by atoms with E-state index in [2.05, 4.69) is 9.97 Å². The highest BCUT2D eigenvalue weighted by Gasteiger charge is 2.28. The van der Waals surface area contributed by atoms with Crippen molar-refractivity contribution in [3.63, 3.8) is 0 Å². The Balaban J connectivity index is 1.88. The summed E-state index contributed by atoms with van der Waals surface area (Å²) in [4.78, 5) is 20.3. The number of fused-ring (bicyclic) bond motifs is 1. The number of aryl methyl sites for hydroxylation is 1. The predicted molar refractivity (Wildman–Crippen MR) is 80.4 cm³/mol. The van der Waals surface area contributed by atoms with E-state index in [1.807, 2.05) is 24.4 Å². The molecular weight excluding hydrogens is 323 g/mol. The second-order valence-corrected chi connectivity index (χ2v) is 5.16. The predicted octanol–water partition coefficient (Wildman–Crippen LogP) is 3.49. The van der Waals surface area contributed by atoms with Gasteiger partial charge in [0.05, 0.1) is 0 Å². The van der Waals surface area contributed by atoms with Gasteiger partial charge < -0.3 is 9.73 Å². The van der Waals surface area contributed by atoms with Crippen LogP contribution in [0.2, 0.25) is 0 Å². The number of nitrogens with one attached hydrogen (secondary N) is 1. The molecular formula is C16H12F3N3O2. The lowest BCUT2D eigenvalue weighted by atomic mass is 10.2. The Hall–Kier alpha value is -2.90. The van der Waals surface area contributed by atoms with Gasteiger partial charge in [-0.05, 0) is 37.3 Å². The van der Waals surface area contributed by atoms with E-state index in [0.717, 1.165) is 5.69 Å². The van der Waals surface area contributed by atoms with E-state index in [-0.39, 0.29) is 11.5 Å². The van der Waals surface area contributed by atoms with Crippen molar-refractivity contribution >= 4 is 17.0 Å². The van der Waals surface area contributed by atoms with Gasteiger partial charge in [-0.3, -0.25) is 4.79 Å². The zero-order valence-electron chi connectivity index (χ0n) is 12.5. The monoisotopic (exact) mass is 335 g/mol. The van der Waals surface area contributed by atoms with Gasteiger partial charge in [-0.2, -0.15) is 13.2 Å². The van der Waals surface area contributed by atoms with Gasteiger partial charge >= 0.3 is 6.18 Å². The number of oxazole rings is 1. The lowest BCUT2D eigenvalue weighted by Crippen LogP contribution is -2.33. The molecule has 0 aliphatic rings. The average Bonchev–Trinajstić information content (AvgIpc) is 2.95. The third-order valence-corrected chi connectivity index (χ3v) is 3.21. The number of carbonyl (C=O) groups is 1. The molecule has 24 heavy (non-hydrogen) atoms. The summed E-state index contributed by atoms with van der Waals surface area (Å²) >= 11 is 0. The molecule has 124 valence electrons. The number of hydrogen-bond donors (Lipinski definition) is 1. The number of benzene rings is 1. The van der Waals surface area contributed by atoms with Crippen molar-refractivity contribution in [1.29, 1.82) is 0 Å². The second kappa shape index (κ2) is 5.95. The fraction of sp³-hybridized carbons (Fsp3) is 0.188. The Morgan fingerprint density at radius 1 is 1.21 bits per heavy atom. The Kier molecular flexibility index (Phi) is 3.96. The lowest BCUT2D eigenvalue weighted by Gasteiger charge is -2.07. The maximum absolute atomic E-state index is 12.2. The number of pyridine rings is 1. The van der Waals surface area contributed by atoms with Crippen molar-refractivity contribution in [2.45, 2.75) is 13.1 Å². The molecule has 2 aromatic heterocycles. The molecule has 0 unspecified atom stereocenters. The van der Waals surface area contributed by atoms with Crippen molar-refractivity contribution in [3.05, 3.63) is 47.7 Å². The van der Waals surface area contributed by atoms with E-state index in [1.165, 1.54) is 18.2 Å². The molecule has 0 atom stereocenters. The summed E-state index contributed by atoms with van der Waals surface area (Å²) < 4.78 is 42.0. The van der Waals surface area contributed by atoms with Crippen LogP contribution >= 0.6 is 0 Å². The van der Waals surface area contributed by atoms with E-state index in [0.29, 0.717) is 16.8 Å². The molecule has 1 N–H and O–H groups in total. The molecule has 2 heterocycles. The largest absolute Gasteiger partial charge is 0.435 e. The summed E-state index contributed by atoms with van der Waals surface area (Å²) in [5, 5.41) is 1.81. The molecule has 8 heteroatoms. The van der Waals surface area contributed by atoms with E-state index in [1.54, 1.807) is 6.07 Å². The van der Waals surface area contributed by atoms with Gasteiger partial charge in [-0.25, -0.2) is 9.97 Å². The van der Waals surface area contributed by atoms with Gasteiger partial charge in [-0.1, -0.05) is 6.07 Å². The topological polar surface area (TPSA) is 68.0 Å². The molecule has 3 rings (SSSR count). The maximum Gasteiger partial charge on any atom is 0.405 e. The van der Waals surface area contributed by atoms with Crippen LogP contribution in [0.5, 0.6) is 0 Å². The summed E-state index contributed by atoms with van der Waals surface area (Å²) in [7, 11) is 0. The average molecular weight is 335 g/mol. The van der Waals surface area contributed by atoms with E-state index in [9.17, 15) is 18.0 Å². The van der Waals surface area contributed by atoms with E-state index in [4.69, 9.17) is 4.42 Å². The summed E-state index contributed by atoms with van der Waals surface area (Å²) in [6.45, 7) is 0.438. The molecule has 0 aliphatic heterocycles. The fourth-order valence-corrected chi connectivity index (χ4v) is 2.12. The first kappa shape index (κ1) is 16.0. The first-order chi connectivity index (χ1) is 11.3. The van der Waals surface area contributed by atoms with Crippen LogP contribution in [0.25, 0.3) is 22.7 Å². The summed E-state index contributed by atoms with van der Waals surface area (Å²) in [6, 6.07) is 9.63. The van der Waals surface area contributed by atoms with E-state index >= 15 is 0 Å². The van der Waals surface area contributed by atoms with Crippen molar-refractivity contribution in [3.8, 4) is 11.6 Å². The zero-order chi connectivity index (χ0) is 17.3. The van der Waals surface area contributed by atoms with Crippen LogP contribution in [0.4, 0.5) is 13.2 Å². The van der Waals surface area contributed by atoms with E-state index < -0.39 is 18.6 Å². The minimum absolute atomic E-state index is 0.0617. The van der Waals surface area contributed by atoms with Gasteiger partial charge in [-0.15, -0.1) is 0 Å². The lowest BCUT2D eigenvalue weighted by molar-refractivity contribution is -0.123. The maximum atomic E-state index is 12.2. The molecule has 1 aromatic carbocycles. The highest BCUT2D eigenvalue weighted by Crippen LogP contribution is 2.24. The number of nitrogens with zero attached hydrogens (tertiary/aromatic N) is 2. The Morgan fingerprint density at radius 3 is 2.71 bits per heavy atom. The zero-order valence-corrected chi connectivity index (χ0v) is 12.5. The number of carbonyl (C=O) groups excluding carboxylic acids is 1. The number of alkyl halides is 3. The smallest absolute Gasteiger partial charge is 0.405 e. The fourth-order valence-electron chi connectivity index (χ4n) is 2.12. The van der Waals surface area contributed by atoms with Crippen LogP contribution in [-0.2, 0) is 0 Å². The van der Waals surface area contributed by atoms with Crippen LogP contribution in [0.1, 0.15) is 16.1 Å². The molecule has 0 aliphatic carbocycles. The van der Waals surface area contributed by atoms with Gasteiger partial charge in [0.1, 0.15) is 17.8 Å². The van der Waals surface area contributed by atoms with Gasteiger partial charge in [0.15, 0.2) is 5.58 Å². The molecule has 0 saturated heterocycles. The quantitative estimate of drug-likeness (QED) is 0.795. The molecule has 0 bridgehead atoms. The van der Waals surface area contributed by atoms with Crippen LogP contribution in [0, 0.1) is 6.92 Å². The Labute approximate surface area is 134 Å². The van der Waals surface area contributed by atoms with Crippen molar-refractivity contribution < 1.29 is 22.4 Å². The normalized spacial score (nSPS) is 11.7. The standard InChI is InChI=1S/C16H12F3N3O2/c1-9-3-2-4-12(21-9)15-22-11-6-5-10(7-13(11)24-15)14(23)20-8-16(17,18)19/h2-7H,8H2,1H3,(H,20,23). The number of hydrogen-bond acceptors (Lipinski definition) is 4. The Bertz CT molecular complexity index is 903. The summed E-state index contributed by atoms with van der Waals surface area (Å²) in [5.74, 6) is -0.553. The van der Waals surface area contributed by atoms with Crippen molar-refractivity contribution in [2.75, 3.05) is 6.54 Å². The van der Waals surface area contributed by atoms with Gasteiger partial charge in [0.2, 0.25) is 5.89 Å². The molecule has 3 aromatic rings. The number of amides is 1. The van der Waals surface area contributed by atoms with Gasteiger partial charge in [0.25, 0.3) is 5.91 Å². The van der Waals surface area contributed by atoms with Crippen molar-refractivity contribution in [2.24, 2.45) is 0 Å². The molecule has 0 spiro atoms. The first-order valence-corrected chi connectivity index (χ1v) is 7.01. The van der Waals surface area contributed by atoms with Crippen molar-refractivity contribution in [1.82, 2.24) is 15.3 Å². The third-order valence-electron chi connectivity index (χ3n) is 3.21. The molecule has 5 nitrogen and oxygen atoms in total. The molecule has 0 radical (unpaired) electrons. The molecule has 1 amide bonds. The molecule has 0 fully saturated rings. The van der Waals surface area contributed by atoms with Gasteiger partial charge in [0, 0.05) is 11.3 Å². The number of rotatable bonds is 3. The summed E-state index contributed by atoms with van der Waals surface area (Å²) in [6.07, 6.45) is -4.46. The van der Waals surface area contributed by atoms with Crippen LogP contribution in [-0.4, -0.2) is 28.6 Å². The Morgan fingerprint density at radius 2 is 2.00 bits per heavy atom. The van der Waals surface area contributed by atoms with Crippen LogP contribution in [0.15, 0.2) is 40.8 Å². The SMILES string of the molecule is Cc1cccc(-c2nc3ccc(C(=O)NCC(F)(F)F)cc3o2)n1. The minimum atomic E-state index is -4.46. The molecule has 0 saturated carbocycles. The highest BCUT2D eigenvalue weighted by atomic mass is 19.4. The minimum Gasteiger partial charge on any atom is -0.435 e. The summed E-state index contributed by atoms with van der Waals surface area (Å²) in [5.41, 5.74) is 2.18. The number of aromatic nitrogens is 2. The first-order valence-electron chi connectivity index (χ1n) is 7.01.